The third-order valence-electron chi connectivity index (χ3n) is 3.81. The van der Waals surface area contributed by atoms with E-state index >= 15 is 0 Å². The van der Waals surface area contributed by atoms with E-state index in [4.69, 9.17) is 4.84 Å². The molecule has 0 saturated heterocycles. The van der Waals surface area contributed by atoms with Crippen molar-refractivity contribution < 1.29 is 4.84 Å². The summed E-state index contributed by atoms with van der Waals surface area (Å²) in [6.07, 6.45) is 2.30. The van der Waals surface area contributed by atoms with Crippen LogP contribution in [0.15, 0.2) is 59.1 Å². The van der Waals surface area contributed by atoms with Crippen LogP contribution in [0.1, 0.15) is 29.9 Å². The van der Waals surface area contributed by atoms with E-state index < -0.39 is 0 Å². The van der Waals surface area contributed by atoms with E-state index in [1.54, 1.807) is 0 Å². The first-order chi connectivity index (χ1) is 9.81. The largest absolute Gasteiger partial charge is 0.297 e. The average molecular weight is 332 g/mol. The van der Waals surface area contributed by atoms with E-state index in [0.29, 0.717) is 18.6 Å². The fraction of sp³-hybridized carbons (Fsp3) is 0.294. The number of nitrogens with one attached hydrogen (secondary N) is 1. The van der Waals surface area contributed by atoms with Crippen LogP contribution in [0.3, 0.4) is 0 Å². The predicted octanol–water partition coefficient (Wildman–Crippen LogP) is 4.42. The lowest BCUT2D eigenvalue weighted by Crippen LogP contribution is -2.39. The summed E-state index contributed by atoms with van der Waals surface area (Å²) in [5.41, 5.74) is 5.79. The number of benzene rings is 2. The molecule has 0 aliphatic heterocycles. The summed E-state index contributed by atoms with van der Waals surface area (Å²) in [7, 11) is 0. The van der Waals surface area contributed by atoms with Crippen molar-refractivity contribution in [3.8, 4) is 0 Å². The zero-order valence-corrected chi connectivity index (χ0v) is 12.8. The molecular formula is C17H18BrNO. The molecule has 0 bridgehead atoms. The van der Waals surface area contributed by atoms with Gasteiger partial charge in [0.25, 0.3) is 0 Å². The van der Waals surface area contributed by atoms with Gasteiger partial charge in [0.2, 0.25) is 0 Å². The molecule has 1 aliphatic rings. The highest BCUT2D eigenvalue weighted by atomic mass is 79.9. The smallest absolute Gasteiger partial charge is 0.0933 e. The third-order valence-corrected chi connectivity index (χ3v) is 4.34. The van der Waals surface area contributed by atoms with Gasteiger partial charge in [-0.2, -0.15) is 5.48 Å². The number of hydrogen-bond donors (Lipinski definition) is 1. The number of rotatable bonds is 5. The van der Waals surface area contributed by atoms with Crippen LogP contribution in [0.25, 0.3) is 0 Å². The van der Waals surface area contributed by atoms with E-state index in [-0.39, 0.29) is 0 Å². The summed E-state index contributed by atoms with van der Waals surface area (Å²) >= 11 is 3.47. The summed E-state index contributed by atoms with van der Waals surface area (Å²) in [5.74, 6) is 0.668. The number of hydrogen-bond acceptors (Lipinski definition) is 2. The van der Waals surface area contributed by atoms with E-state index in [1.165, 1.54) is 11.1 Å². The minimum Gasteiger partial charge on any atom is -0.297 e. The van der Waals surface area contributed by atoms with Crippen LogP contribution >= 0.6 is 15.9 Å². The van der Waals surface area contributed by atoms with Gasteiger partial charge in [0.1, 0.15) is 0 Å². The molecule has 0 heterocycles. The maximum atomic E-state index is 5.57. The first-order valence-electron chi connectivity index (χ1n) is 6.98. The van der Waals surface area contributed by atoms with Crippen LogP contribution in [-0.2, 0) is 11.4 Å². The third kappa shape index (κ3) is 3.48. The minimum absolute atomic E-state index is 0.479. The first kappa shape index (κ1) is 13.8. The van der Waals surface area contributed by atoms with E-state index in [2.05, 4.69) is 57.8 Å². The molecule has 0 atom stereocenters. The average Bonchev–Trinajstić information content (AvgIpc) is 2.44. The Morgan fingerprint density at radius 1 is 1.00 bits per heavy atom. The first-order valence-corrected chi connectivity index (χ1v) is 7.77. The van der Waals surface area contributed by atoms with Crippen molar-refractivity contribution in [2.24, 2.45) is 0 Å². The molecule has 0 amide bonds. The molecule has 2 aromatic carbocycles. The van der Waals surface area contributed by atoms with Gasteiger partial charge in [-0.1, -0.05) is 58.4 Å². The van der Waals surface area contributed by atoms with Crippen molar-refractivity contribution in [2.75, 3.05) is 0 Å². The lowest BCUT2D eigenvalue weighted by atomic mass is 9.76. The van der Waals surface area contributed by atoms with Crippen molar-refractivity contribution in [3.63, 3.8) is 0 Å². The van der Waals surface area contributed by atoms with Crippen molar-refractivity contribution in [1.82, 2.24) is 5.48 Å². The topological polar surface area (TPSA) is 21.3 Å². The zero-order valence-electron chi connectivity index (χ0n) is 11.3. The Morgan fingerprint density at radius 2 is 1.70 bits per heavy atom. The van der Waals surface area contributed by atoms with E-state index in [1.807, 2.05) is 18.2 Å². The Bertz CT molecular complexity index is 535. The van der Waals surface area contributed by atoms with Gasteiger partial charge in [-0.05, 0) is 42.0 Å². The summed E-state index contributed by atoms with van der Waals surface area (Å²) in [6, 6.07) is 19.4. The Labute approximate surface area is 128 Å². The Hall–Kier alpha value is -1.16. The predicted molar refractivity (Wildman–Crippen MR) is 84.3 cm³/mol. The standard InChI is InChI=1S/C17H18BrNO/c18-16-8-6-14(7-9-16)15-10-17(11-15)19-20-12-13-4-2-1-3-5-13/h1-9,15,17,19H,10-12H2. The molecular weight excluding hydrogens is 314 g/mol. The lowest BCUT2D eigenvalue weighted by molar-refractivity contribution is -0.0197. The van der Waals surface area contributed by atoms with Crippen LogP contribution in [-0.4, -0.2) is 6.04 Å². The zero-order chi connectivity index (χ0) is 13.8. The van der Waals surface area contributed by atoms with Gasteiger partial charge in [0, 0.05) is 10.5 Å². The molecule has 3 heteroatoms. The molecule has 104 valence electrons. The normalized spacial score (nSPS) is 21.4. The highest BCUT2D eigenvalue weighted by Gasteiger charge is 2.30. The fourth-order valence-corrected chi connectivity index (χ4v) is 2.80. The van der Waals surface area contributed by atoms with Gasteiger partial charge in [-0.15, -0.1) is 0 Å². The summed E-state index contributed by atoms with van der Waals surface area (Å²) in [5, 5.41) is 0. The number of halogens is 1. The molecule has 2 nitrogen and oxygen atoms in total. The molecule has 1 aliphatic carbocycles. The Kier molecular flexibility index (Phi) is 4.51. The van der Waals surface area contributed by atoms with Crippen LogP contribution < -0.4 is 5.48 Å². The van der Waals surface area contributed by atoms with Crippen LogP contribution in [0, 0.1) is 0 Å². The second-order valence-corrected chi connectivity index (χ2v) is 6.22. The molecule has 1 N–H and O–H groups in total. The van der Waals surface area contributed by atoms with Gasteiger partial charge in [0.15, 0.2) is 0 Å². The van der Waals surface area contributed by atoms with E-state index in [9.17, 15) is 0 Å². The fourth-order valence-electron chi connectivity index (χ4n) is 2.54. The van der Waals surface area contributed by atoms with Gasteiger partial charge in [0.05, 0.1) is 6.61 Å². The monoisotopic (exact) mass is 331 g/mol. The maximum absolute atomic E-state index is 5.57. The van der Waals surface area contributed by atoms with E-state index in [0.717, 1.165) is 17.3 Å². The van der Waals surface area contributed by atoms with Crippen LogP contribution in [0.5, 0.6) is 0 Å². The summed E-state index contributed by atoms with van der Waals surface area (Å²) < 4.78 is 1.14. The van der Waals surface area contributed by atoms with Crippen LogP contribution in [0.4, 0.5) is 0 Å². The van der Waals surface area contributed by atoms with Crippen molar-refractivity contribution in [3.05, 3.63) is 70.2 Å². The van der Waals surface area contributed by atoms with Crippen LogP contribution in [0.2, 0.25) is 0 Å². The highest BCUT2D eigenvalue weighted by Crippen LogP contribution is 2.37. The lowest BCUT2D eigenvalue weighted by Gasteiger charge is -2.35. The molecule has 1 fully saturated rings. The van der Waals surface area contributed by atoms with Crippen molar-refractivity contribution in [2.45, 2.75) is 31.4 Å². The van der Waals surface area contributed by atoms with Gasteiger partial charge >= 0.3 is 0 Å². The molecule has 20 heavy (non-hydrogen) atoms. The second kappa shape index (κ2) is 6.53. The molecule has 0 unspecified atom stereocenters. The van der Waals surface area contributed by atoms with Crippen molar-refractivity contribution >= 4 is 15.9 Å². The van der Waals surface area contributed by atoms with Gasteiger partial charge in [-0.25, -0.2) is 0 Å². The highest BCUT2D eigenvalue weighted by molar-refractivity contribution is 9.10. The quantitative estimate of drug-likeness (QED) is 0.819. The Balaban J connectivity index is 1.39. The second-order valence-electron chi connectivity index (χ2n) is 5.31. The van der Waals surface area contributed by atoms with Crippen molar-refractivity contribution in [1.29, 1.82) is 0 Å². The maximum Gasteiger partial charge on any atom is 0.0933 e. The molecule has 3 rings (SSSR count). The molecule has 0 spiro atoms. The van der Waals surface area contributed by atoms with Gasteiger partial charge in [-0.3, -0.25) is 4.84 Å². The molecule has 2 aromatic rings. The molecule has 0 radical (unpaired) electrons. The van der Waals surface area contributed by atoms with Gasteiger partial charge < -0.3 is 0 Å². The Morgan fingerprint density at radius 3 is 2.40 bits per heavy atom. The molecule has 0 aromatic heterocycles. The summed E-state index contributed by atoms with van der Waals surface area (Å²) in [6.45, 7) is 0.625. The molecule has 1 saturated carbocycles. The summed E-state index contributed by atoms with van der Waals surface area (Å²) in [4.78, 5) is 5.57. The SMILES string of the molecule is Brc1ccc(C2CC(NOCc3ccccc3)C2)cc1. The minimum atomic E-state index is 0.479. The number of hydroxylamine groups is 1.